The minimum absolute atomic E-state index is 0.0122. The zero-order valence-electron chi connectivity index (χ0n) is 12.1. The van der Waals surface area contributed by atoms with Crippen molar-refractivity contribution >= 4 is 5.69 Å². The van der Waals surface area contributed by atoms with Crippen molar-refractivity contribution < 1.29 is 14.4 Å². The molecule has 0 saturated carbocycles. The molecule has 0 atom stereocenters. The lowest BCUT2D eigenvalue weighted by atomic mass is 10.2. The van der Waals surface area contributed by atoms with Crippen LogP contribution in [0.15, 0.2) is 18.2 Å². The van der Waals surface area contributed by atoms with Gasteiger partial charge in [-0.25, -0.2) is 0 Å². The summed E-state index contributed by atoms with van der Waals surface area (Å²) in [7, 11) is 1.61. The van der Waals surface area contributed by atoms with Gasteiger partial charge in [0.05, 0.1) is 11.5 Å². The fraction of sp³-hybridized carbons (Fsp3) is 0.571. The third kappa shape index (κ3) is 5.54. The molecule has 0 heterocycles. The van der Waals surface area contributed by atoms with E-state index in [1.165, 1.54) is 0 Å². The van der Waals surface area contributed by atoms with Gasteiger partial charge in [0.2, 0.25) is 0 Å². The average molecular weight is 282 g/mol. The number of benzene rings is 1. The Morgan fingerprint density at radius 1 is 1.35 bits per heavy atom. The van der Waals surface area contributed by atoms with Gasteiger partial charge in [-0.1, -0.05) is 13.0 Å². The number of hydrogen-bond acceptors (Lipinski definition) is 5. The quantitative estimate of drug-likeness (QED) is 0.405. The molecule has 1 aromatic rings. The number of nitrogens with zero attached hydrogens (tertiary/aromatic N) is 1. The Kier molecular flexibility index (Phi) is 7.60. The normalized spacial score (nSPS) is 10.5. The molecular weight excluding hydrogens is 260 g/mol. The van der Waals surface area contributed by atoms with Crippen LogP contribution in [0.2, 0.25) is 0 Å². The molecule has 0 aliphatic heterocycles. The highest BCUT2D eigenvalue weighted by atomic mass is 16.6. The van der Waals surface area contributed by atoms with Crippen LogP contribution in [-0.2, 0) is 11.3 Å². The first-order valence-corrected chi connectivity index (χ1v) is 6.78. The van der Waals surface area contributed by atoms with E-state index < -0.39 is 4.92 Å². The largest absolute Gasteiger partial charge is 0.487 e. The van der Waals surface area contributed by atoms with E-state index in [0.29, 0.717) is 31.9 Å². The number of hydrogen-bond donors (Lipinski definition) is 1. The monoisotopic (exact) mass is 282 g/mol. The molecule has 6 nitrogen and oxygen atoms in total. The van der Waals surface area contributed by atoms with E-state index in [9.17, 15) is 10.1 Å². The first-order valence-electron chi connectivity index (χ1n) is 6.78. The Labute approximate surface area is 119 Å². The molecule has 112 valence electrons. The van der Waals surface area contributed by atoms with Crippen LogP contribution in [0.25, 0.3) is 0 Å². The van der Waals surface area contributed by atoms with Gasteiger partial charge >= 0.3 is 5.69 Å². The third-order valence-corrected chi connectivity index (χ3v) is 2.73. The van der Waals surface area contributed by atoms with Crippen molar-refractivity contribution in [1.82, 2.24) is 5.32 Å². The van der Waals surface area contributed by atoms with Gasteiger partial charge in [-0.2, -0.15) is 0 Å². The van der Waals surface area contributed by atoms with E-state index in [0.717, 1.165) is 18.5 Å². The van der Waals surface area contributed by atoms with Gasteiger partial charge in [-0.3, -0.25) is 10.1 Å². The van der Waals surface area contributed by atoms with Crippen LogP contribution in [0.3, 0.4) is 0 Å². The second-order valence-electron chi connectivity index (χ2n) is 4.43. The lowest BCUT2D eigenvalue weighted by Crippen LogP contribution is -2.14. The molecule has 0 aromatic heterocycles. The molecule has 20 heavy (non-hydrogen) atoms. The fourth-order valence-corrected chi connectivity index (χ4v) is 1.73. The first kappa shape index (κ1) is 16.4. The molecule has 1 rings (SSSR count). The standard InChI is InChI=1S/C14H22N2O4/c1-3-7-15-11-12-5-6-14(13(10-12)16(17)18)20-9-4-8-19-2/h5-6,10,15H,3-4,7-9,11H2,1-2H3. The molecule has 1 aromatic carbocycles. The van der Waals surface area contributed by atoms with Crippen molar-refractivity contribution in [3.8, 4) is 5.75 Å². The van der Waals surface area contributed by atoms with E-state index >= 15 is 0 Å². The van der Waals surface area contributed by atoms with Crippen molar-refractivity contribution in [2.45, 2.75) is 26.3 Å². The van der Waals surface area contributed by atoms with Gasteiger partial charge in [0.1, 0.15) is 0 Å². The van der Waals surface area contributed by atoms with Crippen molar-refractivity contribution in [3.63, 3.8) is 0 Å². The smallest absolute Gasteiger partial charge is 0.311 e. The molecular formula is C14H22N2O4. The zero-order chi connectivity index (χ0) is 14.8. The second kappa shape index (κ2) is 9.28. The summed E-state index contributed by atoms with van der Waals surface area (Å²) in [5, 5.41) is 14.3. The van der Waals surface area contributed by atoms with Crippen LogP contribution < -0.4 is 10.1 Å². The highest BCUT2D eigenvalue weighted by Crippen LogP contribution is 2.28. The molecule has 0 fully saturated rings. The lowest BCUT2D eigenvalue weighted by Gasteiger charge is -2.08. The number of ether oxygens (including phenoxy) is 2. The average Bonchev–Trinajstić information content (AvgIpc) is 2.44. The summed E-state index contributed by atoms with van der Waals surface area (Å²) < 4.78 is 10.3. The molecule has 0 amide bonds. The number of nitro benzene ring substituents is 1. The summed E-state index contributed by atoms with van der Waals surface area (Å²) in [6.45, 7) is 4.57. The van der Waals surface area contributed by atoms with Gasteiger partial charge in [0.25, 0.3) is 0 Å². The van der Waals surface area contributed by atoms with Crippen LogP contribution in [0, 0.1) is 10.1 Å². The molecule has 1 N–H and O–H groups in total. The Hall–Kier alpha value is -1.66. The van der Waals surface area contributed by atoms with E-state index in [4.69, 9.17) is 9.47 Å². The summed E-state index contributed by atoms with van der Waals surface area (Å²) in [6.07, 6.45) is 1.73. The van der Waals surface area contributed by atoms with Crippen LogP contribution >= 0.6 is 0 Å². The van der Waals surface area contributed by atoms with Crippen LogP contribution in [0.4, 0.5) is 5.69 Å². The molecule has 0 spiro atoms. The first-order chi connectivity index (χ1) is 9.69. The summed E-state index contributed by atoms with van der Waals surface area (Å²) in [5.41, 5.74) is 0.896. The highest BCUT2D eigenvalue weighted by molar-refractivity contribution is 5.48. The summed E-state index contributed by atoms with van der Waals surface area (Å²) in [4.78, 5) is 10.7. The molecule has 6 heteroatoms. The molecule has 0 radical (unpaired) electrons. The van der Waals surface area contributed by atoms with Crippen molar-refractivity contribution in [1.29, 1.82) is 0 Å². The van der Waals surface area contributed by atoms with Gasteiger partial charge < -0.3 is 14.8 Å². The minimum atomic E-state index is -0.408. The molecule has 0 aliphatic carbocycles. The second-order valence-corrected chi connectivity index (χ2v) is 4.43. The molecule has 0 aliphatic rings. The number of rotatable bonds is 10. The maximum absolute atomic E-state index is 11.1. The van der Waals surface area contributed by atoms with Crippen LogP contribution in [0.1, 0.15) is 25.3 Å². The summed E-state index contributed by atoms with van der Waals surface area (Å²) >= 11 is 0. The maximum atomic E-state index is 11.1. The van der Waals surface area contributed by atoms with Gasteiger partial charge in [0, 0.05) is 32.7 Å². The Morgan fingerprint density at radius 3 is 2.80 bits per heavy atom. The third-order valence-electron chi connectivity index (χ3n) is 2.73. The fourth-order valence-electron chi connectivity index (χ4n) is 1.73. The SMILES string of the molecule is CCCNCc1ccc(OCCCOC)c([N+](=O)[O-])c1. The lowest BCUT2D eigenvalue weighted by molar-refractivity contribution is -0.385. The molecule has 0 bridgehead atoms. The van der Waals surface area contributed by atoms with Gasteiger partial charge in [0.15, 0.2) is 5.75 Å². The predicted octanol–water partition coefficient (Wildman–Crippen LogP) is 2.51. The van der Waals surface area contributed by atoms with Crippen molar-refractivity contribution in [2.24, 2.45) is 0 Å². The summed E-state index contributed by atoms with van der Waals surface area (Å²) in [6, 6.07) is 5.07. The van der Waals surface area contributed by atoms with Gasteiger partial charge in [-0.15, -0.1) is 0 Å². The van der Waals surface area contributed by atoms with Crippen LogP contribution in [-0.4, -0.2) is 31.8 Å². The predicted molar refractivity (Wildman–Crippen MR) is 77.1 cm³/mol. The number of nitro groups is 1. The Balaban J connectivity index is 2.67. The molecule has 0 unspecified atom stereocenters. The van der Waals surface area contributed by atoms with E-state index in [-0.39, 0.29) is 5.69 Å². The van der Waals surface area contributed by atoms with E-state index in [1.807, 2.05) is 6.07 Å². The molecule has 0 saturated heterocycles. The number of nitrogens with one attached hydrogen (secondary N) is 1. The van der Waals surface area contributed by atoms with E-state index in [1.54, 1.807) is 19.2 Å². The van der Waals surface area contributed by atoms with Crippen molar-refractivity contribution in [2.75, 3.05) is 26.9 Å². The topological polar surface area (TPSA) is 73.6 Å². The van der Waals surface area contributed by atoms with E-state index in [2.05, 4.69) is 12.2 Å². The Bertz CT molecular complexity index is 424. The van der Waals surface area contributed by atoms with Crippen LogP contribution in [0.5, 0.6) is 5.75 Å². The van der Waals surface area contributed by atoms with Gasteiger partial charge in [-0.05, 0) is 24.6 Å². The minimum Gasteiger partial charge on any atom is -0.487 e. The maximum Gasteiger partial charge on any atom is 0.311 e. The van der Waals surface area contributed by atoms with Crippen molar-refractivity contribution in [3.05, 3.63) is 33.9 Å². The number of methoxy groups -OCH3 is 1. The zero-order valence-corrected chi connectivity index (χ0v) is 12.1. The summed E-state index contributed by atoms with van der Waals surface area (Å²) in [5.74, 6) is 0.311. The Morgan fingerprint density at radius 2 is 2.15 bits per heavy atom. The highest BCUT2D eigenvalue weighted by Gasteiger charge is 2.15.